The van der Waals surface area contributed by atoms with E-state index in [0.29, 0.717) is 30.4 Å². The Bertz CT molecular complexity index is 563. The molecular weight excluding hydrogens is 310 g/mol. The van der Waals surface area contributed by atoms with Gasteiger partial charge >= 0.3 is 0 Å². The van der Waals surface area contributed by atoms with Gasteiger partial charge in [-0.05, 0) is 30.9 Å². The van der Waals surface area contributed by atoms with Crippen LogP contribution in [0.2, 0.25) is 0 Å². The number of ether oxygens (including phenoxy) is 1. The standard InChI is InChI=1S/C17H27N3O4/c1-5-9-24-10-8-13(2)12-18-16-7-6-15(19(4)14(3)21)11-17(16)20(22)23/h6-7,11,13,18H,5,8-10,12H2,1-4H3. The van der Waals surface area contributed by atoms with E-state index in [1.165, 1.54) is 17.9 Å². The maximum absolute atomic E-state index is 11.4. The van der Waals surface area contributed by atoms with Crippen molar-refractivity contribution in [3.05, 3.63) is 28.3 Å². The van der Waals surface area contributed by atoms with Crippen LogP contribution in [0.1, 0.15) is 33.6 Å². The molecule has 1 aromatic carbocycles. The van der Waals surface area contributed by atoms with Crippen LogP contribution in [0.15, 0.2) is 18.2 Å². The minimum atomic E-state index is -0.436. The van der Waals surface area contributed by atoms with Crippen LogP contribution in [0.5, 0.6) is 0 Å². The van der Waals surface area contributed by atoms with Gasteiger partial charge in [-0.1, -0.05) is 13.8 Å². The minimum absolute atomic E-state index is 0.0324. The Morgan fingerprint density at radius 1 is 1.42 bits per heavy atom. The van der Waals surface area contributed by atoms with Crippen LogP contribution in [-0.4, -0.2) is 37.6 Å². The Balaban J connectivity index is 2.70. The molecule has 134 valence electrons. The van der Waals surface area contributed by atoms with Crippen molar-refractivity contribution in [1.82, 2.24) is 0 Å². The zero-order chi connectivity index (χ0) is 18.1. The van der Waals surface area contributed by atoms with Gasteiger partial charge in [0.15, 0.2) is 0 Å². The van der Waals surface area contributed by atoms with Gasteiger partial charge in [0.25, 0.3) is 5.69 Å². The van der Waals surface area contributed by atoms with Gasteiger partial charge in [0, 0.05) is 39.8 Å². The molecule has 7 heteroatoms. The summed E-state index contributed by atoms with van der Waals surface area (Å²) < 4.78 is 5.46. The largest absolute Gasteiger partial charge is 0.381 e. The molecule has 0 spiro atoms. The van der Waals surface area contributed by atoms with Gasteiger partial charge in [-0.2, -0.15) is 0 Å². The predicted octanol–water partition coefficient (Wildman–Crippen LogP) is 3.44. The van der Waals surface area contributed by atoms with Crippen LogP contribution in [0.3, 0.4) is 0 Å². The Morgan fingerprint density at radius 3 is 2.71 bits per heavy atom. The number of nitro groups is 1. The molecule has 1 N–H and O–H groups in total. The van der Waals surface area contributed by atoms with Crippen LogP contribution in [0.4, 0.5) is 17.1 Å². The highest BCUT2D eigenvalue weighted by Crippen LogP contribution is 2.29. The summed E-state index contributed by atoms with van der Waals surface area (Å²) in [4.78, 5) is 23.6. The van der Waals surface area contributed by atoms with Crippen molar-refractivity contribution >= 4 is 23.0 Å². The van der Waals surface area contributed by atoms with Crippen molar-refractivity contribution in [2.24, 2.45) is 5.92 Å². The second-order valence-corrected chi connectivity index (χ2v) is 5.92. The highest BCUT2D eigenvalue weighted by Gasteiger charge is 2.17. The molecule has 0 aliphatic carbocycles. The van der Waals surface area contributed by atoms with E-state index in [-0.39, 0.29) is 11.6 Å². The van der Waals surface area contributed by atoms with Crippen molar-refractivity contribution in [3.8, 4) is 0 Å². The maximum atomic E-state index is 11.4. The summed E-state index contributed by atoms with van der Waals surface area (Å²) >= 11 is 0. The molecule has 1 amide bonds. The number of nitrogens with one attached hydrogen (secondary N) is 1. The first-order valence-electron chi connectivity index (χ1n) is 8.21. The van der Waals surface area contributed by atoms with E-state index >= 15 is 0 Å². The SMILES string of the molecule is CCCOCCC(C)CNc1ccc(N(C)C(C)=O)cc1[N+](=O)[O-]. The van der Waals surface area contributed by atoms with Gasteiger partial charge in [-0.15, -0.1) is 0 Å². The van der Waals surface area contributed by atoms with Crippen LogP contribution in [0, 0.1) is 16.0 Å². The molecule has 1 rings (SSSR count). The van der Waals surface area contributed by atoms with E-state index in [9.17, 15) is 14.9 Å². The number of nitrogens with zero attached hydrogens (tertiary/aromatic N) is 2. The fourth-order valence-electron chi connectivity index (χ4n) is 2.13. The normalized spacial score (nSPS) is 11.8. The molecular formula is C17H27N3O4. The van der Waals surface area contributed by atoms with Crippen molar-refractivity contribution in [2.75, 3.05) is 37.0 Å². The van der Waals surface area contributed by atoms with Crippen LogP contribution >= 0.6 is 0 Å². The van der Waals surface area contributed by atoms with E-state index in [1.54, 1.807) is 19.2 Å². The predicted molar refractivity (Wildman–Crippen MR) is 95.6 cm³/mol. The number of hydrogen-bond donors (Lipinski definition) is 1. The number of amides is 1. The summed E-state index contributed by atoms with van der Waals surface area (Å²) in [5.74, 6) is 0.159. The van der Waals surface area contributed by atoms with Gasteiger partial charge in [0.2, 0.25) is 5.91 Å². The molecule has 0 aliphatic rings. The first-order valence-corrected chi connectivity index (χ1v) is 8.21. The smallest absolute Gasteiger partial charge is 0.294 e. The van der Waals surface area contributed by atoms with Crippen molar-refractivity contribution < 1.29 is 14.5 Å². The number of carbonyl (C=O) groups excluding carboxylic acids is 1. The van der Waals surface area contributed by atoms with E-state index in [1.807, 2.05) is 0 Å². The molecule has 7 nitrogen and oxygen atoms in total. The van der Waals surface area contributed by atoms with Gasteiger partial charge in [0.05, 0.1) is 10.6 Å². The minimum Gasteiger partial charge on any atom is -0.381 e. The topological polar surface area (TPSA) is 84.7 Å². The monoisotopic (exact) mass is 337 g/mol. The number of rotatable bonds is 10. The second-order valence-electron chi connectivity index (χ2n) is 5.92. The molecule has 1 unspecified atom stereocenters. The summed E-state index contributed by atoms with van der Waals surface area (Å²) in [5, 5.41) is 14.4. The first-order chi connectivity index (χ1) is 11.4. The molecule has 0 bridgehead atoms. The lowest BCUT2D eigenvalue weighted by atomic mass is 10.1. The maximum Gasteiger partial charge on any atom is 0.294 e. The molecule has 0 saturated heterocycles. The lowest BCUT2D eigenvalue weighted by Crippen LogP contribution is -2.23. The van der Waals surface area contributed by atoms with Gasteiger partial charge in [-0.3, -0.25) is 14.9 Å². The van der Waals surface area contributed by atoms with Crippen LogP contribution in [-0.2, 0) is 9.53 Å². The van der Waals surface area contributed by atoms with Crippen LogP contribution in [0.25, 0.3) is 0 Å². The fraction of sp³-hybridized carbons (Fsp3) is 0.588. The van der Waals surface area contributed by atoms with Gasteiger partial charge < -0.3 is 15.0 Å². The first kappa shape index (κ1) is 19.9. The summed E-state index contributed by atoms with van der Waals surface area (Å²) in [6.45, 7) is 7.64. The second kappa shape index (κ2) is 9.87. The number of benzene rings is 1. The number of nitro benzene ring substituents is 1. The number of hydrogen-bond acceptors (Lipinski definition) is 5. The molecule has 0 fully saturated rings. The molecule has 0 aliphatic heterocycles. The van der Waals surface area contributed by atoms with Crippen molar-refractivity contribution in [1.29, 1.82) is 0 Å². The van der Waals surface area contributed by atoms with Crippen LogP contribution < -0.4 is 10.2 Å². The average Bonchev–Trinajstić information content (AvgIpc) is 2.55. The van der Waals surface area contributed by atoms with Crippen molar-refractivity contribution in [3.63, 3.8) is 0 Å². The molecule has 1 aromatic rings. The molecule has 24 heavy (non-hydrogen) atoms. The summed E-state index contributed by atoms with van der Waals surface area (Å²) in [7, 11) is 1.59. The Kier molecular flexibility index (Phi) is 8.18. The third-order valence-corrected chi connectivity index (χ3v) is 3.78. The lowest BCUT2D eigenvalue weighted by Gasteiger charge is -2.17. The zero-order valence-corrected chi connectivity index (χ0v) is 14.9. The lowest BCUT2D eigenvalue weighted by molar-refractivity contribution is -0.383. The Labute approximate surface area is 143 Å². The van der Waals surface area contributed by atoms with E-state index in [0.717, 1.165) is 19.4 Å². The van der Waals surface area contributed by atoms with E-state index in [4.69, 9.17) is 4.74 Å². The van der Waals surface area contributed by atoms with Gasteiger partial charge in [-0.25, -0.2) is 0 Å². The molecule has 0 saturated carbocycles. The number of anilines is 2. The highest BCUT2D eigenvalue weighted by molar-refractivity contribution is 5.91. The van der Waals surface area contributed by atoms with Crippen molar-refractivity contribution in [2.45, 2.75) is 33.6 Å². The third-order valence-electron chi connectivity index (χ3n) is 3.78. The summed E-state index contributed by atoms with van der Waals surface area (Å²) in [5.41, 5.74) is 0.929. The fourth-order valence-corrected chi connectivity index (χ4v) is 2.13. The summed E-state index contributed by atoms with van der Waals surface area (Å²) in [6.07, 6.45) is 1.89. The highest BCUT2D eigenvalue weighted by atomic mass is 16.6. The molecule has 0 heterocycles. The Hall–Kier alpha value is -2.15. The average molecular weight is 337 g/mol. The van der Waals surface area contributed by atoms with Gasteiger partial charge in [0.1, 0.15) is 5.69 Å². The summed E-state index contributed by atoms with van der Waals surface area (Å²) in [6, 6.07) is 4.76. The van der Waals surface area contributed by atoms with E-state index < -0.39 is 4.92 Å². The number of carbonyl (C=O) groups is 1. The molecule has 0 radical (unpaired) electrons. The van der Waals surface area contributed by atoms with E-state index in [2.05, 4.69) is 19.2 Å². The third kappa shape index (κ3) is 6.16. The zero-order valence-electron chi connectivity index (χ0n) is 14.9. The molecule has 1 atom stereocenters. The quantitative estimate of drug-likeness (QED) is 0.401. The molecule has 0 aromatic heterocycles. The Morgan fingerprint density at radius 2 is 2.12 bits per heavy atom.